The Hall–Kier alpha value is -1.06. The summed E-state index contributed by atoms with van der Waals surface area (Å²) in [7, 11) is 0. The van der Waals surface area contributed by atoms with Crippen molar-refractivity contribution in [2.75, 3.05) is 12.4 Å². The molecule has 4 heteroatoms. The number of hydrogen-bond acceptors (Lipinski definition) is 2. The van der Waals surface area contributed by atoms with E-state index in [0.29, 0.717) is 5.92 Å². The van der Waals surface area contributed by atoms with Crippen LogP contribution in [0, 0.1) is 5.92 Å². The van der Waals surface area contributed by atoms with E-state index in [1.165, 1.54) is 6.42 Å². The van der Waals surface area contributed by atoms with Gasteiger partial charge >= 0.3 is 0 Å². The average Bonchev–Trinajstić information content (AvgIpc) is 2.80. The van der Waals surface area contributed by atoms with Crippen molar-refractivity contribution in [1.29, 1.82) is 0 Å². The molecule has 2 aromatic heterocycles. The molecule has 1 N–H and O–H groups in total. The van der Waals surface area contributed by atoms with Crippen molar-refractivity contribution in [3.05, 3.63) is 36.3 Å². The van der Waals surface area contributed by atoms with Crippen LogP contribution in [0.2, 0.25) is 0 Å². The van der Waals surface area contributed by atoms with E-state index in [4.69, 9.17) is 11.6 Å². The van der Waals surface area contributed by atoms with E-state index >= 15 is 0 Å². The fourth-order valence-corrected chi connectivity index (χ4v) is 2.39. The van der Waals surface area contributed by atoms with Crippen LogP contribution in [0.1, 0.15) is 25.5 Å². The van der Waals surface area contributed by atoms with Gasteiger partial charge in [-0.1, -0.05) is 19.4 Å². The first-order chi connectivity index (χ1) is 8.83. The van der Waals surface area contributed by atoms with Crippen LogP contribution in [0.3, 0.4) is 0 Å². The molecule has 0 saturated carbocycles. The lowest BCUT2D eigenvalue weighted by atomic mass is 10.0. The van der Waals surface area contributed by atoms with E-state index in [1.54, 1.807) is 0 Å². The van der Waals surface area contributed by atoms with Crippen molar-refractivity contribution < 1.29 is 0 Å². The van der Waals surface area contributed by atoms with Crippen LogP contribution in [0.25, 0.3) is 5.65 Å². The van der Waals surface area contributed by atoms with Crippen molar-refractivity contribution in [2.24, 2.45) is 5.92 Å². The largest absolute Gasteiger partial charge is 0.311 e. The van der Waals surface area contributed by atoms with Gasteiger partial charge in [0, 0.05) is 24.8 Å². The number of nitrogens with one attached hydrogen (secondary N) is 1. The highest BCUT2D eigenvalue weighted by molar-refractivity contribution is 6.17. The van der Waals surface area contributed by atoms with Gasteiger partial charge in [-0.05, 0) is 31.0 Å². The van der Waals surface area contributed by atoms with Gasteiger partial charge in [-0.25, -0.2) is 4.98 Å². The molecule has 2 aromatic rings. The molecule has 0 amide bonds. The van der Waals surface area contributed by atoms with Crippen LogP contribution in [0.15, 0.2) is 30.6 Å². The number of nitrogens with zero attached hydrogens (tertiary/aromatic N) is 2. The van der Waals surface area contributed by atoms with Crippen molar-refractivity contribution in [2.45, 2.75) is 26.3 Å². The Labute approximate surface area is 113 Å². The molecule has 2 heterocycles. The number of hydrogen-bond donors (Lipinski definition) is 1. The molecule has 18 heavy (non-hydrogen) atoms. The molecule has 1 unspecified atom stereocenters. The maximum atomic E-state index is 5.78. The van der Waals surface area contributed by atoms with E-state index in [-0.39, 0.29) is 0 Å². The second-order valence-corrected chi connectivity index (χ2v) is 4.96. The average molecular weight is 266 g/mol. The molecule has 0 radical (unpaired) electrons. The molecule has 0 aromatic carbocycles. The van der Waals surface area contributed by atoms with E-state index in [0.717, 1.165) is 36.7 Å². The van der Waals surface area contributed by atoms with E-state index in [2.05, 4.69) is 23.4 Å². The third kappa shape index (κ3) is 3.47. The van der Waals surface area contributed by atoms with Gasteiger partial charge in [-0.3, -0.25) is 0 Å². The third-order valence-corrected chi connectivity index (χ3v) is 3.47. The van der Waals surface area contributed by atoms with E-state index < -0.39 is 0 Å². The topological polar surface area (TPSA) is 29.3 Å². The van der Waals surface area contributed by atoms with E-state index in [9.17, 15) is 0 Å². The highest BCUT2D eigenvalue weighted by Gasteiger charge is 2.06. The van der Waals surface area contributed by atoms with Crippen molar-refractivity contribution in [3.63, 3.8) is 0 Å². The highest BCUT2D eigenvalue weighted by atomic mass is 35.5. The monoisotopic (exact) mass is 265 g/mol. The lowest BCUT2D eigenvalue weighted by Crippen LogP contribution is -2.22. The van der Waals surface area contributed by atoms with Gasteiger partial charge in [0.1, 0.15) is 5.65 Å². The molecule has 3 nitrogen and oxygen atoms in total. The van der Waals surface area contributed by atoms with Gasteiger partial charge < -0.3 is 9.72 Å². The normalized spacial score (nSPS) is 13.0. The summed E-state index contributed by atoms with van der Waals surface area (Å²) in [6, 6.07) is 6.04. The Bertz CT molecular complexity index is 448. The molecule has 0 fully saturated rings. The minimum atomic E-state index is 0.666. The summed E-state index contributed by atoms with van der Waals surface area (Å²) < 4.78 is 2.05. The third-order valence-electron chi connectivity index (χ3n) is 3.25. The summed E-state index contributed by atoms with van der Waals surface area (Å²) in [5, 5.41) is 3.46. The van der Waals surface area contributed by atoms with Crippen molar-refractivity contribution >= 4 is 17.2 Å². The summed E-state index contributed by atoms with van der Waals surface area (Å²) >= 11 is 5.78. The standard InChI is InChI=1S/C14H20ClN3/c1-2-12(6-7-15)9-16-10-13-11-18-8-4-3-5-14(18)17-13/h3-5,8,11-12,16H,2,6-7,9-10H2,1H3. The predicted octanol–water partition coefficient (Wildman–Crippen LogP) is 3.08. The minimum absolute atomic E-state index is 0.666. The minimum Gasteiger partial charge on any atom is -0.311 e. The highest BCUT2D eigenvalue weighted by Crippen LogP contribution is 2.08. The van der Waals surface area contributed by atoms with E-state index in [1.807, 2.05) is 28.8 Å². The zero-order chi connectivity index (χ0) is 12.8. The molecular formula is C14H20ClN3. The molecule has 0 aliphatic rings. The Kier molecular flexibility index (Phi) is 5.02. The SMILES string of the molecule is CCC(CCCl)CNCc1cn2ccccc2n1. The molecule has 0 aliphatic carbocycles. The number of pyridine rings is 1. The number of aromatic nitrogens is 2. The fraction of sp³-hybridized carbons (Fsp3) is 0.500. The number of rotatable bonds is 7. The summed E-state index contributed by atoms with van der Waals surface area (Å²) in [5.41, 5.74) is 2.09. The van der Waals surface area contributed by atoms with Crippen LogP contribution in [0.5, 0.6) is 0 Å². The second-order valence-electron chi connectivity index (χ2n) is 4.58. The molecule has 2 rings (SSSR count). The first-order valence-electron chi connectivity index (χ1n) is 6.52. The molecule has 0 bridgehead atoms. The van der Waals surface area contributed by atoms with Gasteiger partial charge in [-0.15, -0.1) is 11.6 Å². The Morgan fingerprint density at radius 3 is 3.06 bits per heavy atom. The number of fused-ring (bicyclic) bond motifs is 1. The van der Waals surface area contributed by atoms with Crippen LogP contribution >= 0.6 is 11.6 Å². The second kappa shape index (κ2) is 6.76. The molecule has 98 valence electrons. The molecule has 0 spiro atoms. The van der Waals surface area contributed by atoms with Crippen molar-refractivity contribution in [1.82, 2.24) is 14.7 Å². The summed E-state index contributed by atoms with van der Waals surface area (Å²) in [6.07, 6.45) is 6.35. The van der Waals surface area contributed by atoms with Gasteiger partial charge in [0.05, 0.1) is 5.69 Å². The quantitative estimate of drug-likeness (QED) is 0.780. The van der Waals surface area contributed by atoms with Crippen LogP contribution < -0.4 is 5.32 Å². The zero-order valence-electron chi connectivity index (χ0n) is 10.8. The molecular weight excluding hydrogens is 246 g/mol. The number of imidazole rings is 1. The van der Waals surface area contributed by atoms with Gasteiger partial charge in [0.15, 0.2) is 0 Å². The van der Waals surface area contributed by atoms with Gasteiger partial charge in [-0.2, -0.15) is 0 Å². The first-order valence-corrected chi connectivity index (χ1v) is 7.06. The lowest BCUT2D eigenvalue weighted by molar-refractivity contribution is 0.450. The van der Waals surface area contributed by atoms with Crippen molar-refractivity contribution in [3.8, 4) is 0 Å². The summed E-state index contributed by atoms with van der Waals surface area (Å²) in [4.78, 5) is 4.56. The predicted molar refractivity (Wildman–Crippen MR) is 76.0 cm³/mol. The Morgan fingerprint density at radius 2 is 2.33 bits per heavy atom. The maximum Gasteiger partial charge on any atom is 0.137 e. The first kappa shape index (κ1) is 13.4. The number of halogens is 1. The summed E-state index contributed by atoms with van der Waals surface area (Å²) in [5.74, 6) is 1.41. The molecule has 0 saturated heterocycles. The van der Waals surface area contributed by atoms with Crippen LogP contribution in [-0.2, 0) is 6.54 Å². The van der Waals surface area contributed by atoms with Gasteiger partial charge in [0.25, 0.3) is 0 Å². The Balaban J connectivity index is 1.86. The zero-order valence-corrected chi connectivity index (χ0v) is 11.5. The van der Waals surface area contributed by atoms with Crippen LogP contribution in [-0.4, -0.2) is 21.8 Å². The Morgan fingerprint density at radius 1 is 1.44 bits per heavy atom. The summed E-state index contributed by atoms with van der Waals surface area (Å²) in [6.45, 7) is 4.04. The van der Waals surface area contributed by atoms with Gasteiger partial charge in [0.2, 0.25) is 0 Å². The molecule has 0 aliphatic heterocycles. The smallest absolute Gasteiger partial charge is 0.137 e. The lowest BCUT2D eigenvalue weighted by Gasteiger charge is -2.13. The number of alkyl halides is 1. The fourth-order valence-electron chi connectivity index (χ4n) is 2.08. The molecule has 1 atom stereocenters. The van der Waals surface area contributed by atoms with Crippen LogP contribution in [0.4, 0.5) is 0 Å². The maximum absolute atomic E-state index is 5.78.